The standard InChI is InChI=1S/C21H27F2N3O3.HI/c1-4-24-21(25-12-15-7-8-17(27)19(11-15)28-5-2)26-13-16-10-14(3)6-9-18(16)29-20(22)23;/h6-11,20,27H,4-5,12-13H2,1-3H3,(H2,24,25,26);1H. The van der Waals surface area contributed by atoms with Crippen LogP contribution in [0.4, 0.5) is 8.78 Å². The van der Waals surface area contributed by atoms with E-state index in [0.717, 1.165) is 11.1 Å². The van der Waals surface area contributed by atoms with Gasteiger partial charge in [0.15, 0.2) is 17.5 Å². The van der Waals surface area contributed by atoms with Crippen LogP contribution in [0.3, 0.4) is 0 Å². The minimum atomic E-state index is -2.88. The summed E-state index contributed by atoms with van der Waals surface area (Å²) in [5, 5.41) is 16.0. The number of phenolic OH excluding ortho intramolecular Hbond substituents is 1. The average molecular weight is 535 g/mol. The van der Waals surface area contributed by atoms with E-state index >= 15 is 0 Å². The second-order valence-electron chi connectivity index (χ2n) is 6.27. The zero-order chi connectivity index (χ0) is 21.2. The lowest BCUT2D eigenvalue weighted by Crippen LogP contribution is -2.36. The molecule has 0 saturated carbocycles. The summed E-state index contributed by atoms with van der Waals surface area (Å²) in [6.45, 7) is 4.49. The minimum absolute atomic E-state index is 0. The molecule has 0 aliphatic rings. The van der Waals surface area contributed by atoms with Gasteiger partial charge in [0.25, 0.3) is 0 Å². The van der Waals surface area contributed by atoms with Crippen LogP contribution in [0.2, 0.25) is 0 Å². The molecule has 0 amide bonds. The second kappa shape index (κ2) is 13.1. The fourth-order valence-electron chi connectivity index (χ4n) is 2.68. The van der Waals surface area contributed by atoms with Crippen molar-refractivity contribution in [2.24, 2.45) is 4.99 Å². The molecule has 0 spiro atoms. The molecule has 0 radical (unpaired) electrons. The maximum Gasteiger partial charge on any atom is 0.387 e. The maximum absolute atomic E-state index is 12.6. The molecule has 0 fully saturated rings. The fourth-order valence-corrected chi connectivity index (χ4v) is 2.68. The lowest BCUT2D eigenvalue weighted by Gasteiger charge is -2.15. The summed E-state index contributed by atoms with van der Waals surface area (Å²) in [7, 11) is 0. The highest BCUT2D eigenvalue weighted by Gasteiger charge is 2.11. The topological polar surface area (TPSA) is 75.1 Å². The van der Waals surface area contributed by atoms with Gasteiger partial charge in [-0.1, -0.05) is 23.8 Å². The van der Waals surface area contributed by atoms with Crippen LogP contribution in [0.5, 0.6) is 17.2 Å². The van der Waals surface area contributed by atoms with Crippen molar-refractivity contribution in [2.75, 3.05) is 13.2 Å². The van der Waals surface area contributed by atoms with Crippen LogP contribution in [-0.2, 0) is 13.1 Å². The van der Waals surface area contributed by atoms with Gasteiger partial charge in [-0.25, -0.2) is 4.99 Å². The third kappa shape index (κ3) is 8.21. The largest absolute Gasteiger partial charge is 0.504 e. The smallest absolute Gasteiger partial charge is 0.387 e. The summed E-state index contributed by atoms with van der Waals surface area (Å²) < 4.78 is 35.3. The number of aliphatic imine (C=N–C) groups is 1. The number of ether oxygens (including phenoxy) is 2. The number of guanidine groups is 1. The van der Waals surface area contributed by atoms with E-state index < -0.39 is 6.61 Å². The highest BCUT2D eigenvalue weighted by Crippen LogP contribution is 2.27. The van der Waals surface area contributed by atoms with Gasteiger partial charge in [-0.3, -0.25) is 0 Å². The number of alkyl halides is 2. The van der Waals surface area contributed by atoms with Gasteiger partial charge in [0.05, 0.1) is 13.2 Å². The number of halogens is 3. The predicted octanol–water partition coefficient (Wildman–Crippen LogP) is 4.57. The van der Waals surface area contributed by atoms with Crippen LogP contribution in [-0.4, -0.2) is 30.8 Å². The van der Waals surface area contributed by atoms with Crippen molar-refractivity contribution in [3.63, 3.8) is 0 Å². The number of aromatic hydroxyl groups is 1. The molecule has 0 aromatic heterocycles. The maximum atomic E-state index is 12.6. The Morgan fingerprint density at radius 3 is 2.53 bits per heavy atom. The molecule has 0 unspecified atom stereocenters. The predicted molar refractivity (Wildman–Crippen MR) is 124 cm³/mol. The zero-order valence-electron chi connectivity index (χ0n) is 17.2. The first-order valence-corrected chi connectivity index (χ1v) is 9.44. The molecule has 0 aliphatic carbocycles. The van der Waals surface area contributed by atoms with Gasteiger partial charge in [0.1, 0.15) is 5.75 Å². The number of benzene rings is 2. The molecule has 2 aromatic carbocycles. The van der Waals surface area contributed by atoms with E-state index in [1.54, 1.807) is 30.3 Å². The lowest BCUT2D eigenvalue weighted by atomic mass is 10.1. The van der Waals surface area contributed by atoms with E-state index in [1.807, 2.05) is 20.8 Å². The van der Waals surface area contributed by atoms with Gasteiger partial charge >= 0.3 is 6.61 Å². The van der Waals surface area contributed by atoms with Gasteiger partial charge in [-0.2, -0.15) is 8.78 Å². The first kappa shape index (κ1) is 25.7. The highest BCUT2D eigenvalue weighted by molar-refractivity contribution is 14.0. The Balaban J connectivity index is 0.00000450. The van der Waals surface area contributed by atoms with Crippen LogP contribution < -0.4 is 20.1 Å². The molecule has 2 rings (SSSR count). The van der Waals surface area contributed by atoms with Gasteiger partial charge in [0.2, 0.25) is 0 Å². The number of nitrogens with zero attached hydrogens (tertiary/aromatic N) is 1. The summed E-state index contributed by atoms with van der Waals surface area (Å²) >= 11 is 0. The normalized spacial score (nSPS) is 11.1. The average Bonchev–Trinajstić information content (AvgIpc) is 2.68. The molecular weight excluding hydrogens is 507 g/mol. The zero-order valence-corrected chi connectivity index (χ0v) is 19.6. The molecular formula is C21H28F2IN3O3. The van der Waals surface area contributed by atoms with Crippen LogP contribution in [0, 0.1) is 6.92 Å². The summed E-state index contributed by atoms with van der Waals surface area (Å²) in [5.41, 5.74) is 2.41. The second-order valence-corrected chi connectivity index (χ2v) is 6.27. The van der Waals surface area contributed by atoms with E-state index in [4.69, 9.17) is 4.74 Å². The first-order chi connectivity index (χ1) is 13.9. The number of hydrogen-bond acceptors (Lipinski definition) is 4. The first-order valence-electron chi connectivity index (χ1n) is 9.44. The molecule has 9 heteroatoms. The van der Waals surface area contributed by atoms with Crippen molar-refractivity contribution in [2.45, 2.75) is 40.5 Å². The van der Waals surface area contributed by atoms with E-state index in [-0.39, 0.29) is 42.0 Å². The highest BCUT2D eigenvalue weighted by atomic mass is 127. The number of aryl methyl sites for hydroxylation is 1. The van der Waals surface area contributed by atoms with E-state index in [1.165, 1.54) is 6.07 Å². The Morgan fingerprint density at radius 2 is 1.87 bits per heavy atom. The number of rotatable bonds is 9. The van der Waals surface area contributed by atoms with E-state index in [9.17, 15) is 13.9 Å². The minimum Gasteiger partial charge on any atom is -0.504 e. The van der Waals surface area contributed by atoms with Crippen molar-refractivity contribution in [3.8, 4) is 17.2 Å². The number of nitrogens with one attached hydrogen (secondary N) is 2. The van der Waals surface area contributed by atoms with Crippen LogP contribution >= 0.6 is 24.0 Å². The third-order valence-electron chi connectivity index (χ3n) is 3.97. The monoisotopic (exact) mass is 535 g/mol. The summed E-state index contributed by atoms with van der Waals surface area (Å²) in [4.78, 5) is 4.51. The van der Waals surface area contributed by atoms with Gasteiger partial charge in [0, 0.05) is 18.7 Å². The van der Waals surface area contributed by atoms with Gasteiger partial charge < -0.3 is 25.2 Å². The molecule has 0 saturated heterocycles. The van der Waals surface area contributed by atoms with Crippen LogP contribution in [0.25, 0.3) is 0 Å². The fraction of sp³-hybridized carbons (Fsp3) is 0.381. The van der Waals surface area contributed by atoms with Gasteiger partial charge in [-0.15, -0.1) is 24.0 Å². The van der Waals surface area contributed by atoms with Crippen molar-refractivity contribution < 1.29 is 23.4 Å². The lowest BCUT2D eigenvalue weighted by molar-refractivity contribution is -0.0504. The Labute approximate surface area is 192 Å². The van der Waals surface area contributed by atoms with Crippen molar-refractivity contribution in [1.29, 1.82) is 0 Å². The quantitative estimate of drug-likeness (QED) is 0.249. The van der Waals surface area contributed by atoms with Crippen LogP contribution in [0.1, 0.15) is 30.5 Å². The molecule has 0 bridgehead atoms. The SMILES string of the molecule is CCNC(=NCc1ccc(O)c(OCC)c1)NCc1cc(C)ccc1OC(F)F.I. The van der Waals surface area contributed by atoms with E-state index in [0.29, 0.717) is 37.0 Å². The molecule has 6 nitrogen and oxygen atoms in total. The third-order valence-corrected chi connectivity index (χ3v) is 3.97. The summed E-state index contributed by atoms with van der Waals surface area (Å²) in [5.74, 6) is 1.15. The van der Waals surface area contributed by atoms with Gasteiger partial charge in [-0.05, 0) is 44.5 Å². The Morgan fingerprint density at radius 1 is 1.10 bits per heavy atom. The number of phenols is 1. The van der Waals surface area contributed by atoms with Crippen molar-refractivity contribution in [1.82, 2.24) is 10.6 Å². The molecule has 2 aromatic rings. The van der Waals surface area contributed by atoms with Crippen LogP contribution in [0.15, 0.2) is 41.4 Å². The molecule has 30 heavy (non-hydrogen) atoms. The molecule has 0 atom stereocenters. The Kier molecular flexibility index (Phi) is 11.2. The molecule has 3 N–H and O–H groups in total. The molecule has 0 heterocycles. The van der Waals surface area contributed by atoms with Crippen molar-refractivity contribution >= 4 is 29.9 Å². The van der Waals surface area contributed by atoms with Crippen molar-refractivity contribution in [3.05, 3.63) is 53.1 Å². The summed E-state index contributed by atoms with van der Waals surface area (Å²) in [6.07, 6.45) is 0. The summed E-state index contributed by atoms with van der Waals surface area (Å²) in [6, 6.07) is 10.1. The molecule has 0 aliphatic heterocycles. The number of hydrogen-bond donors (Lipinski definition) is 3. The van der Waals surface area contributed by atoms with E-state index in [2.05, 4.69) is 20.4 Å². The Hall–Kier alpha value is -2.30. The molecule has 166 valence electrons. The Bertz CT molecular complexity index is 835.